The molecule has 118 valence electrons. The number of hydrogen-bond acceptors (Lipinski definition) is 4. The fourth-order valence-corrected chi connectivity index (χ4v) is 2.05. The van der Waals surface area contributed by atoms with E-state index in [1.807, 2.05) is 39.8 Å². The second-order valence-corrected chi connectivity index (χ2v) is 5.76. The number of carbonyl (C=O) groups excluding carboxylic acids is 1. The molecule has 0 aliphatic heterocycles. The minimum Gasteiger partial charge on any atom is -0.496 e. The zero-order chi connectivity index (χ0) is 16.0. The van der Waals surface area contributed by atoms with E-state index in [2.05, 4.69) is 5.32 Å². The van der Waals surface area contributed by atoms with Crippen molar-refractivity contribution in [2.24, 2.45) is 0 Å². The van der Waals surface area contributed by atoms with Gasteiger partial charge in [0.05, 0.1) is 14.2 Å². The minimum atomic E-state index is -0.488. The normalized spacial score (nSPS) is 11.0. The van der Waals surface area contributed by atoms with Gasteiger partial charge in [0.2, 0.25) is 0 Å². The topological polar surface area (TPSA) is 56.8 Å². The fraction of sp³-hybridized carbons (Fsp3) is 0.562. The van der Waals surface area contributed by atoms with E-state index in [1.165, 1.54) is 0 Å². The standard InChI is InChI=1S/C16H25NO4/c1-11-13(19-5)8-7-12(14(11)20-6)9-10-17-15(18)21-16(2,3)4/h7-8H,9-10H2,1-6H3,(H,17,18). The summed E-state index contributed by atoms with van der Waals surface area (Å²) in [5, 5.41) is 2.74. The van der Waals surface area contributed by atoms with Crippen LogP contribution in [-0.2, 0) is 11.2 Å². The monoisotopic (exact) mass is 295 g/mol. The van der Waals surface area contributed by atoms with Crippen molar-refractivity contribution in [1.29, 1.82) is 0 Å². The lowest BCUT2D eigenvalue weighted by Crippen LogP contribution is -2.33. The Bertz CT molecular complexity index is 492. The highest BCUT2D eigenvalue weighted by Gasteiger charge is 2.16. The highest BCUT2D eigenvalue weighted by molar-refractivity contribution is 5.67. The largest absolute Gasteiger partial charge is 0.496 e. The van der Waals surface area contributed by atoms with Crippen LogP contribution >= 0.6 is 0 Å². The van der Waals surface area contributed by atoms with Gasteiger partial charge in [0, 0.05) is 12.1 Å². The van der Waals surface area contributed by atoms with Gasteiger partial charge < -0.3 is 19.5 Å². The number of ether oxygens (including phenoxy) is 3. The Morgan fingerprint density at radius 1 is 1.19 bits per heavy atom. The number of rotatable bonds is 5. The average molecular weight is 295 g/mol. The Labute approximate surface area is 126 Å². The summed E-state index contributed by atoms with van der Waals surface area (Å²) in [6.45, 7) is 7.94. The molecule has 0 aromatic heterocycles. The molecule has 0 aliphatic rings. The fourth-order valence-electron chi connectivity index (χ4n) is 2.05. The van der Waals surface area contributed by atoms with E-state index in [1.54, 1.807) is 14.2 Å². The van der Waals surface area contributed by atoms with E-state index in [-0.39, 0.29) is 0 Å². The van der Waals surface area contributed by atoms with Crippen molar-refractivity contribution >= 4 is 6.09 Å². The van der Waals surface area contributed by atoms with Crippen molar-refractivity contribution in [2.75, 3.05) is 20.8 Å². The van der Waals surface area contributed by atoms with Crippen LogP contribution in [0.25, 0.3) is 0 Å². The summed E-state index contributed by atoms with van der Waals surface area (Å²) < 4.78 is 15.9. The van der Waals surface area contributed by atoms with Gasteiger partial charge in [0.25, 0.3) is 0 Å². The molecular formula is C16H25NO4. The van der Waals surface area contributed by atoms with Crippen molar-refractivity contribution in [3.63, 3.8) is 0 Å². The summed E-state index contributed by atoms with van der Waals surface area (Å²) in [5.74, 6) is 1.58. The molecule has 1 aromatic rings. The Morgan fingerprint density at radius 2 is 1.86 bits per heavy atom. The van der Waals surface area contributed by atoms with Gasteiger partial charge >= 0.3 is 6.09 Å². The summed E-state index contributed by atoms with van der Waals surface area (Å²) in [6, 6.07) is 3.85. The van der Waals surface area contributed by atoms with Gasteiger partial charge in [-0.15, -0.1) is 0 Å². The smallest absolute Gasteiger partial charge is 0.407 e. The highest BCUT2D eigenvalue weighted by atomic mass is 16.6. The van der Waals surface area contributed by atoms with Crippen molar-refractivity contribution in [1.82, 2.24) is 5.32 Å². The van der Waals surface area contributed by atoms with Crippen LogP contribution in [-0.4, -0.2) is 32.5 Å². The first-order valence-electron chi connectivity index (χ1n) is 6.95. The van der Waals surface area contributed by atoms with E-state index in [9.17, 15) is 4.79 Å². The molecule has 0 heterocycles. The molecule has 1 amide bonds. The van der Waals surface area contributed by atoms with Crippen molar-refractivity contribution in [3.05, 3.63) is 23.3 Å². The predicted molar refractivity (Wildman–Crippen MR) is 82.2 cm³/mol. The van der Waals surface area contributed by atoms with Crippen molar-refractivity contribution in [2.45, 2.75) is 39.7 Å². The minimum absolute atomic E-state index is 0.410. The van der Waals surface area contributed by atoms with Crippen LogP contribution in [0.15, 0.2) is 12.1 Å². The Hall–Kier alpha value is -1.91. The van der Waals surface area contributed by atoms with Crippen LogP contribution in [0, 0.1) is 6.92 Å². The number of carbonyl (C=O) groups is 1. The second kappa shape index (κ2) is 7.20. The predicted octanol–water partition coefficient (Wildman–Crippen LogP) is 3.08. The first-order valence-corrected chi connectivity index (χ1v) is 6.95. The van der Waals surface area contributed by atoms with Crippen LogP contribution in [0.4, 0.5) is 4.79 Å². The number of nitrogens with one attached hydrogen (secondary N) is 1. The van der Waals surface area contributed by atoms with Crippen molar-refractivity contribution < 1.29 is 19.0 Å². The number of benzene rings is 1. The molecule has 0 atom stereocenters. The molecule has 0 bridgehead atoms. The zero-order valence-corrected chi connectivity index (χ0v) is 13.7. The van der Waals surface area contributed by atoms with Crippen LogP contribution < -0.4 is 14.8 Å². The average Bonchev–Trinajstić information content (AvgIpc) is 2.37. The lowest BCUT2D eigenvalue weighted by Gasteiger charge is -2.20. The van der Waals surface area contributed by atoms with Crippen LogP contribution in [0.5, 0.6) is 11.5 Å². The van der Waals surface area contributed by atoms with E-state index < -0.39 is 11.7 Å². The van der Waals surface area contributed by atoms with E-state index in [0.717, 1.165) is 22.6 Å². The van der Waals surface area contributed by atoms with Crippen molar-refractivity contribution in [3.8, 4) is 11.5 Å². The highest BCUT2D eigenvalue weighted by Crippen LogP contribution is 2.31. The third kappa shape index (κ3) is 5.17. The van der Waals surface area contributed by atoms with Crippen LogP contribution in [0.2, 0.25) is 0 Å². The Kier molecular flexibility index (Phi) is 5.88. The lowest BCUT2D eigenvalue weighted by atomic mass is 10.1. The van der Waals surface area contributed by atoms with E-state index in [0.29, 0.717) is 13.0 Å². The third-order valence-corrected chi connectivity index (χ3v) is 2.92. The lowest BCUT2D eigenvalue weighted by molar-refractivity contribution is 0.0528. The molecule has 0 fully saturated rings. The zero-order valence-electron chi connectivity index (χ0n) is 13.7. The Morgan fingerprint density at radius 3 is 2.38 bits per heavy atom. The first kappa shape index (κ1) is 17.1. The molecule has 0 aliphatic carbocycles. The molecule has 0 saturated heterocycles. The van der Waals surface area contributed by atoms with Gasteiger partial charge in [0.1, 0.15) is 17.1 Å². The molecule has 0 spiro atoms. The van der Waals surface area contributed by atoms with Gasteiger partial charge in [-0.3, -0.25) is 0 Å². The molecule has 1 aromatic carbocycles. The summed E-state index contributed by atoms with van der Waals surface area (Å²) in [6.07, 6.45) is 0.250. The second-order valence-electron chi connectivity index (χ2n) is 5.76. The summed E-state index contributed by atoms with van der Waals surface area (Å²) in [7, 11) is 3.26. The van der Waals surface area contributed by atoms with Gasteiger partial charge in [0.15, 0.2) is 0 Å². The third-order valence-electron chi connectivity index (χ3n) is 2.92. The first-order chi connectivity index (χ1) is 9.78. The number of methoxy groups -OCH3 is 2. The molecule has 1 N–H and O–H groups in total. The van der Waals surface area contributed by atoms with Gasteiger partial charge in [-0.25, -0.2) is 4.79 Å². The van der Waals surface area contributed by atoms with Gasteiger partial charge in [-0.05, 0) is 45.7 Å². The molecule has 0 saturated carbocycles. The molecule has 0 unspecified atom stereocenters. The maximum absolute atomic E-state index is 11.6. The maximum atomic E-state index is 11.6. The quantitative estimate of drug-likeness (QED) is 0.907. The van der Waals surface area contributed by atoms with Crippen LogP contribution in [0.3, 0.4) is 0 Å². The molecule has 0 radical (unpaired) electrons. The summed E-state index contributed by atoms with van der Waals surface area (Å²) in [4.78, 5) is 11.6. The summed E-state index contributed by atoms with van der Waals surface area (Å²) in [5.41, 5.74) is 1.49. The Balaban J connectivity index is 2.64. The SMILES string of the molecule is COc1ccc(CCNC(=O)OC(C)(C)C)c(OC)c1C. The number of alkyl carbamates (subject to hydrolysis) is 1. The van der Waals surface area contributed by atoms with Gasteiger partial charge in [-0.2, -0.15) is 0 Å². The molecule has 1 rings (SSSR count). The van der Waals surface area contributed by atoms with Crippen LogP contribution in [0.1, 0.15) is 31.9 Å². The maximum Gasteiger partial charge on any atom is 0.407 e. The van der Waals surface area contributed by atoms with Gasteiger partial charge in [-0.1, -0.05) is 6.07 Å². The van der Waals surface area contributed by atoms with E-state index in [4.69, 9.17) is 14.2 Å². The number of hydrogen-bond donors (Lipinski definition) is 1. The van der Waals surface area contributed by atoms with E-state index >= 15 is 0 Å². The molecule has 5 nitrogen and oxygen atoms in total. The number of amides is 1. The molecule has 21 heavy (non-hydrogen) atoms. The molecular weight excluding hydrogens is 270 g/mol. The molecule has 5 heteroatoms. The summed E-state index contributed by atoms with van der Waals surface area (Å²) >= 11 is 0.